The van der Waals surface area contributed by atoms with Crippen molar-refractivity contribution in [3.8, 4) is 11.5 Å². The number of nitrogens with zero attached hydrogens (tertiary/aromatic N) is 1. The van der Waals surface area contributed by atoms with Gasteiger partial charge >= 0.3 is 0 Å². The summed E-state index contributed by atoms with van der Waals surface area (Å²) in [5.41, 5.74) is 1.69. The molecule has 3 aromatic rings. The van der Waals surface area contributed by atoms with Gasteiger partial charge in [0.2, 0.25) is 0 Å². The number of hydrogen-bond donors (Lipinski definition) is 0. The number of rotatable bonds is 1. The van der Waals surface area contributed by atoms with Crippen molar-refractivity contribution in [2.75, 3.05) is 0 Å². The van der Waals surface area contributed by atoms with E-state index in [1.807, 2.05) is 42.5 Å². The minimum absolute atomic E-state index is 0.785. The molecule has 2 heteroatoms. The first-order chi connectivity index (χ1) is 7.43. The maximum atomic E-state index is 5.66. The lowest BCUT2D eigenvalue weighted by molar-refractivity contribution is 0.628. The fourth-order valence-electron chi connectivity index (χ4n) is 1.55. The lowest BCUT2D eigenvalue weighted by Crippen LogP contribution is -1.76. The molecule has 71 valence electrons. The molecule has 0 atom stereocenters. The molecule has 1 radical (unpaired) electrons. The molecular formula is C13H8NO. The molecule has 15 heavy (non-hydrogen) atoms. The van der Waals surface area contributed by atoms with Gasteiger partial charge in [-0.15, -0.1) is 0 Å². The molecule has 2 heterocycles. The summed E-state index contributed by atoms with van der Waals surface area (Å²) >= 11 is 0. The van der Waals surface area contributed by atoms with Crippen LogP contribution in [-0.2, 0) is 0 Å². The zero-order valence-corrected chi connectivity index (χ0v) is 7.97. The van der Waals surface area contributed by atoms with Crippen LogP contribution in [0.3, 0.4) is 0 Å². The largest absolute Gasteiger partial charge is 0.454 e. The van der Waals surface area contributed by atoms with Crippen LogP contribution in [0.25, 0.3) is 22.4 Å². The third-order valence-electron chi connectivity index (χ3n) is 2.26. The van der Waals surface area contributed by atoms with Crippen LogP contribution in [-0.4, -0.2) is 4.98 Å². The predicted octanol–water partition coefficient (Wildman–Crippen LogP) is 3.29. The minimum Gasteiger partial charge on any atom is -0.454 e. The van der Waals surface area contributed by atoms with Gasteiger partial charge in [-0.25, -0.2) is 0 Å². The zero-order chi connectivity index (χ0) is 10.1. The Hall–Kier alpha value is -2.09. The van der Waals surface area contributed by atoms with Crippen molar-refractivity contribution in [2.24, 2.45) is 0 Å². The van der Waals surface area contributed by atoms with E-state index in [0.717, 1.165) is 22.4 Å². The van der Waals surface area contributed by atoms with Gasteiger partial charge in [0.1, 0.15) is 11.3 Å². The molecule has 0 amide bonds. The molecule has 1 aromatic carbocycles. The van der Waals surface area contributed by atoms with Crippen LogP contribution >= 0.6 is 0 Å². The van der Waals surface area contributed by atoms with E-state index in [2.05, 4.69) is 11.1 Å². The van der Waals surface area contributed by atoms with E-state index < -0.39 is 0 Å². The maximum absolute atomic E-state index is 5.66. The number of fused-ring (bicyclic) bond motifs is 1. The Morgan fingerprint density at radius 2 is 2.13 bits per heavy atom. The Balaban J connectivity index is 2.21. The van der Waals surface area contributed by atoms with Crippen LogP contribution in [0.15, 0.2) is 53.1 Å². The van der Waals surface area contributed by atoms with Crippen molar-refractivity contribution >= 4 is 11.0 Å². The molecule has 0 N–H and O–H groups in total. The molecule has 3 rings (SSSR count). The van der Waals surface area contributed by atoms with Crippen molar-refractivity contribution in [1.29, 1.82) is 0 Å². The third kappa shape index (κ3) is 1.40. The SMILES string of the molecule is [c]1cccc2oc(-c3ccccn3)cc12. The lowest BCUT2D eigenvalue weighted by atomic mass is 10.2. The first-order valence-corrected chi connectivity index (χ1v) is 4.75. The number of pyridine rings is 1. The summed E-state index contributed by atoms with van der Waals surface area (Å²) in [7, 11) is 0. The van der Waals surface area contributed by atoms with Crippen molar-refractivity contribution in [2.45, 2.75) is 0 Å². The van der Waals surface area contributed by atoms with Gasteiger partial charge in [-0.3, -0.25) is 4.98 Å². The van der Waals surface area contributed by atoms with Crippen molar-refractivity contribution < 1.29 is 4.42 Å². The summed E-state index contributed by atoms with van der Waals surface area (Å²) in [4.78, 5) is 4.24. The van der Waals surface area contributed by atoms with Crippen molar-refractivity contribution in [3.63, 3.8) is 0 Å². The van der Waals surface area contributed by atoms with Gasteiger partial charge in [0.25, 0.3) is 0 Å². The van der Waals surface area contributed by atoms with E-state index in [-0.39, 0.29) is 0 Å². The van der Waals surface area contributed by atoms with Gasteiger partial charge < -0.3 is 4.42 Å². The van der Waals surface area contributed by atoms with Crippen LogP contribution in [0.2, 0.25) is 0 Å². The minimum atomic E-state index is 0.785. The number of benzene rings is 1. The van der Waals surface area contributed by atoms with E-state index in [0.29, 0.717) is 0 Å². The highest BCUT2D eigenvalue weighted by atomic mass is 16.3. The Morgan fingerprint density at radius 3 is 2.93 bits per heavy atom. The van der Waals surface area contributed by atoms with Gasteiger partial charge in [0.15, 0.2) is 5.76 Å². The molecule has 2 aromatic heterocycles. The standard InChI is InChI=1S/C13H8NO/c1-2-7-12-10(5-1)9-13(15-12)11-6-3-4-8-14-11/h1-4,6-9H. The quantitative estimate of drug-likeness (QED) is 0.594. The Kier molecular flexibility index (Phi) is 1.78. The highest BCUT2D eigenvalue weighted by molar-refractivity contribution is 5.81. The topological polar surface area (TPSA) is 26.0 Å². The number of aromatic nitrogens is 1. The summed E-state index contributed by atoms with van der Waals surface area (Å²) in [6, 6.07) is 16.5. The Morgan fingerprint density at radius 1 is 1.13 bits per heavy atom. The number of hydrogen-bond acceptors (Lipinski definition) is 2. The van der Waals surface area contributed by atoms with Gasteiger partial charge in [-0.1, -0.05) is 18.2 Å². The van der Waals surface area contributed by atoms with E-state index in [1.54, 1.807) is 6.20 Å². The van der Waals surface area contributed by atoms with Crippen molar-refractivity contribution in [3.05, 3.63) is 54.7 Å². The average molecular weight is 194 g/mol. The van der Waals surface area contributed by atoms with E-state index in [1.165, 1.54) is 0 Å². The van der Waals surface area contributed by atoms with Crippen LogP contribution in [0, 0.1) is 6.07 Å². The molecule has 0 aliphatic heterocycles. The first kappa shape index (κ1) is 8.24. The van der Waals surface area contributed by atoms with Crippen LogP contribution in [0.4, 0.5) is 0 Å². The molecular weight excluding hydrogens is 186 g/mol. The van der Waals surface area contributed by atoms with Crippen LogP contribution in [0.5, 0.6) is 0 Å². The normalized spacial score (nSPS) is 10.7. The third-order valence-corrected chi connectivity index (χ3v) is 2.26. The summed E-state index contributed by atoms with van der Waals surface area (Å²) in [5.74, 6) is 0.785. The molecule has 0 spiro atoms. The van der Waals surface area contributed by atoms with E-state index >= 15 is 0 Å². The lowest BCUT2D eigenvalue weighted by Gasteiger charge is -1.92. The fourth-order valence-corrected chi connectivity index (χ4v) is 1.55. The van der Waals surface area contributed by atoms with Gasteiger partial charge in [0.05, 0.1) is 0 Å². The highest BCUT2D eigenvalue weighted by Gasteiger charge is 2.05. The molecule has 0 aliphatic carbocycles. The predicted molar refractivity (Wildman–Crippen MR) is 58.3 cm³/mol. The van der Waals surface area contributed by atoms with E-state index in [4.69, 9.17) is 4.42 Å². The highest BCUT2D eigenvalue weighted by Crippen LogP contribution is 2.25. The van der Waals surface area contributed by atoms with Gasteiger partial charge in [-0.2, -0.15) is 0 Å². The summed E-state index contributed by atoms with van der Waals surface area (Å²) in [6.07, 6.45) is 1.76. The van der Waals surface area contributed by atoms with Crippen molar-refractivity contribution in [1.82, 2.24) is 4.98 Å². The van der Waals surface area contributed by atoms with E-state index in [9.17, 15) is 0 Å². The zero-order valence-electron chi connectivity index (χ0n) is 7.97. The van der Waals surface area contributed by atoms with Crippen LogP contribution in [0.1, 0.15) is 0 Å². The second kappa shape index (κ2) is 3.24. The molecule has 0 unspecified atom stereocenters. The molecule has 0 saturated carbocycles. The second-order valence-electron chi connectivity index (χ2n) is 3.27. The van der Waals surface area contributed by atoms with Gasteiger partial charge in [0, 0.05) is 11.6 Å². The van der Waals surface area contributed by atoms with Gasteiger partial charge in [-0.05, 0) is 30.3 Å². The maximum Gasteiger partial charge on any atom is 0.153 e. The molecule has 0 fully saturated rings. The summed E-state index contributed by atoms with van der Waals surface area (Å²) < 4.78 is 5.66. The monoisotopic (exact) mass is 194 g/mol. The Labute approximate surface area is 87.2 Å². The number of furan rings is 1. The molecule has 2 nitrogen and oxygen atoms in total. The summed E-state index contributed by atoms with van der Waals surface area (Å²) in [5, 5.41) is 0.984. The molecule has 0 bridgehead atoms. The molecule has 0 saturated heterocycles. The molecule has 0 aliphatic rings. The summed E-state index contributed by atoms with van der Waals surface area (Å²) in [6.45, 7) is 0. The first-order valence-electron chi connectivity index (χ1n) is 4.75. The Bertz CT molecular complexity index is 551. The van der Waals surface area contributed by atoms with Crippen LogP contribution < -0.4 is 0 Å². The average Bonchev–Trinajstić information content (AvgIpc) is 2.74. The second-order valence-corrected chi connectivity index (χ2v) is 3.27. The fraction of sp³-hybridized carbons (Fsp3) is 0. The smallest absolute Gasteiger partial charge is 0.153 e.